The first-order valence-electron chi connectivity index (χ1n) is 8.15. The van der Waals surface area contributed by atoms with Crippen LogP contribution in [0.5, 0.6) is 0 Å². The summed E-state index contributed by atoms with van der Waals surface area (Å²) < 4.78 is 13.5. The highest BCUT2D eigenvalue weighted by molar-refractivity contribution is 5.96. The summed E-state index contributed by atoms with van der Waals surface area (Å²) in [7, 11) is 0. The predicted molar refractivity (Wildman–Crippen MR) is 98.1 cm³/mol. The van der Waals surface area contributed by atoms with Crippen molar-refractivity contribution in [3.8, 4) is 11.3 Å². The molecule has 0 saturated carbocycles. The van der Waals surface area contributed by atoms with E-state index in [-0.39, 0.29) is 17.9 Å². The molecule has 0 unspecified atom stereocenters. The van der Waals surface area contributed by atoms with Gasteiger partial charge < -0.3 is 16.0 Å². The van der Waals surface area contributed by atoms with Crippen molar-refractivity contribution in [1.82, 2.24) is 4.98 Å². The van der Waals surface area contributed by atoms with Gasteiger partial charge >= 0.3 is 0 Å². The van der Waals surface area contributed by atoms with E-state index in [2.05, 4.69) is 10.3 Å². The van der Waals surface area contributed by atoms with E-state index in [0.717, 1.165) is 23.0 Å². The fourth-order valence-corrected chi connectivity index (χ4v) is 2.64. The molecule has 0 atom stereocenters. The Morgan fingerprint density at radius 2 is 1.81 bits per heavy atom. The van der Waals surface area contributed by atoms with Crippen LogP contribution in [0.1, 0.15) is 22.5 Å². The van der Waals surface area contributed by atoms with Crippen molar-refractivity contribution in [2.75, 3.05) is 5.32 Å². The Morgan fingerprint density at radius 1 is 1.04 bits per heavy atom. The fraction of sp³-hybridized carbons (Fsp3) is 0.100. The number of H-pyrrole nitrogens is 1. The highest BCUT2D eigenvalue weighted by Crippen LogP contribution is 2.19. The van der Waals surface area contributed by atoms with Gasteiger partial charge in [-0.05, 0) is 42.3 Å². The van der Waals surface area contributed by atoms with Crippen LogP contribution >= 0.6 is 0 Å². The third kappa shape index (κ3) is 4.16. The highest BCUT2D eigenvalue weighted by Gasteiger charge is 2.11. The maximum absolute atomic E-state index is 13.5. The molecule has 0 saturated heterocycles. The van der Waals surface area contributed by atoms with Crippen molar-refractivity contribution < 1.29 is 14.0 Å². The van der Waals surface area contributed by atoms with Gasteiger partial charge in [-0.3, -0.25) is 9.59 Å². The van der Waals surface area contributed by atoms with Gasteiger partial charge in [0.1, 0.15) is 5.82 Å². The number of rotatable bonds is 6. The minimum atomic E-state index is -0.876. The van der Waals surface area contributed by atoms with E-state index in [1.165, 1.54) is 12.1 Å². The molecule has 0 bridgehead atoms. The predicted octanol–water partition coefficient (Wildman–Crippen LogP) is 3.49. The molecule has 0 aliphatic rings. The largest absolute Gasteiger partial charge is 0.366 e. The van der Waals surface area contributed by atoms with Crippen LogP contribution in [0, 0.1) is 5.82 Å². The first-order chi connectivity index (χ1) is 12.5. The number of aryl methyl sites for hydroxylation is 1. The van der Waals surface area contributed by atoms with Gasteiger partial charge in [0.25, 0.3) is 5.91 Å². The molecule has 0 aliphatic heterocycles. The van der Waals surface area contributed by atoms with Crippen LogP contribution in [0.3, 0.4) is 0 Å². The zero-order valence-corrected chi connectivity index (χ0v) is 14.0. The Morgan fingerprint density at radius 3 is 2.54 bits per heavy atom. The molecule has 1 heterocycles. The number of nitrogens with one attached hydrogen (secondary N) is 2. The number of nitrogens with two attached hydrogens (primary N) is 1. The van der Waals surface area contributed by atoms with E-state index >= 15 is 0 Å². The summed E-state index contributed by atoms with van der Waals surface area (Å²) in [6.45, 7) is 0. The molecule has 4 N–H and O–H groups in total. The first kappa shape index (κ1) is 17.4. The van der Waals surface area contributed by atoms with Crippen LogP contribution in [-0.4, -0.2) is 16.8 Å². The maximum atomic E-state index is 13.5. The topological polar surface area (TPSA) is 88.0 Å². The molecule has 2 amide bonds. The molecule has 0 aliphatic carbocycles. The number of carbonyl (C=O) groups excluding carboxylic acids is 2. The second-order valence-electron chi connectivity index (χ2n) is 5.87. The molecule has 6 heteroatoms. The van der Waals surface area contributed by atoms with Gasteiger partial charge in [-0.2, -0.15) is 0 Å². The summed E-state index contributed by atoms with van der Waals surface area (Å²) in [4.78, 5) is 26.5. The number of amides is 2. The number of anilines is 1. The van der Waals surface area contributed by atoms with Gasteiger partial charge in [0.2, 0.25) is 5.91 Å². The van der Waals surface area contributed by atoms with Gasteiger partial charge in [0, 0.05) is 23.5 Å². The molecule has 0 radical (unpaired) electrons. The van der Waals surface area contributed by atoms with Crippen LogP contribution in [0.25, 0.3) is 11.3 Å². The van der Waals surface area contributed by atoms with Crippen LogP contribution in [0.15, 0.2) is 60.7 Å². The summed E-state index contributed by atoms with van der Waals surface area (Å²) in [6, 6.07) is 17.5. The second kappa shape index (κ2) is 7.65. The van der Waals surface area contributed by atoms with Crippen LogP contribution in [0.4, 0.5) is 10.1 Å². The Hall–Kier alpha value is -3.41. The number of halogens is 1. The molecule has 2 aromatic carbocycles. The fourth-order valence-electron chi connectivity index (χ4n) is 2.64. The Kier molecular flexibility index (Phi) is 5.12. The lowest BCUT2D eigenvalue weighted by atomic mass is 10.1. The van der Waals surface area contributed by atoms with Crippen molar-refractivity contribution in [2.24, 2.45) is 5.73 Å². The minimum Gasteiger partial charge on any atom is -0.366 e. The summed E-state index contributed by atoms with van der Waals surface area (Å²) in [5.74, 6) is -1.82. The molecule has 3 aromatic rings. The molecule has 0 spiro atoms. The molecule has 0 fully saturated rings. The second-order valence-corrected chi connectivity index (χ2v) is 5.87. The number of hydrogen-bond donors (Lipinski definition) is 3. The lowest BCUT2D eigenvalue weighted by Gasteiger charge is -2.07. The number of hydrogen-bond acceptors (Lipinski definition) is 2. The van der Waals surface area contributed by atoms with Gasteiger partial charge in [0.15, 0.2) is 0 Å². The van der Waals surface area contributed by atoms with Gasteiger partial charge in [-0.1, -0.05) is 30.3 Å². The summed E-state index contributed by atoms with van der Waals surface area (Å²) >= 11 is 0. The third-order valence-corrected chi connectivity index (χ3v) is 3.97. The van der Waals surface area contributed by atoms with E-state index in [4.69, 9.17) is 5.73 Å². The van der Waals surface area contributed by atoms with E-state index in [1.54, 1.807) is 0 Å². The standard InChI is InChI=1S/C20H18FN3O2/c21-17-9-6-15(12-16(17)20(22)26)24-19(25)11-8-14-7-10-18(23-14)13-4-2-1-3-5-13/h1-7,9-10,12,23H,8,11H2,(H2,22,26)(H,24,25). The summed E-state index contributed by atoms with van der Waals surface area (Å²) in [5.41, 5.74) is 8.20. The van der Waals surface area contributed by atoms with E-state index < -0.39 is 11.7 Å². The Labute approximate surface area is 150 Å². The highest BCUT2D eigenvalue weighted by atomic mass is 19.1. The van der Waals surface area contributed by atoms with E-state index in [0.29, 0.717) is 12.1 Å². The molecular formula is C20H18FN3O2. The molecule has 1 aromatic heterocycles. The molecule has 26 heavy (non-hydrogen) atoms. The van der Waals surface area contributed by atoms with Crippen LogP contribution < -0.4 is 11.1 Å². The number of aromatic amines is 1. The number of carbonyl (C=O) groups is 2. The Balaban J connectivity index is 1.59. The van der Waals surface area contributed by atoms with Crippen LogP contribution in [0.2, 0.25) is 0 Å². The molecule has 132 valence electrons. The average molecular weight is 351 g/mol. The van der Waals surface area contributed by atoms with Gasteiger partial charge in [0.05, 0.1) is 5.56 Å². The lowest BCUT2D eigenvalue weighted by Crippen LogP contribution is -2.16. The summed E-state index contributed by atoms with van der Waals surface area (Å²) in [6.07, 6.45) is 0.778. The molecule has 3 rings (SSSR count). The average Bonchev–Trinajstić information content (AvgIpc) is 3.11. The zero-order valence-electron chi connectivity index (χ0n) is 14.0. The van der Waals surface area contributed by atoms with Crippen molar-refractivity contribution in [1.29, 1.82) is 0 Å². The van der Waals surface area contributed by atoms with E-state index in [1.807, 2.05) is 42.5 Å². The molecule has 5 nitrogen and oxygen atoms in total. The van der Waals surface area contributed by atoms with Crippen molar-refractivity contribution >= 4 is 17.5 Å². The SMILES string of the molecule is NC(=O)c1cc(NC(=O)CCc2ccc(-c3ccccc3)[nH]2)ccc1F. The van der Waals surface area contributed by atoms with Crippen molar-refractivity contribution in [2.45, 2.75) is 12.8 Å². The number of benzene rings is 2. The van der Waals surface area contributed by atoms with Gasteiger partial charge in [-0.15, -0.1) is 0 Å². The van der Waals surface area contributed by atoms with Crippen molar-refractivity contribution in [3.05, 3.63) is 77.7 Å². The normalized spacial score (nSPS) is 10.5. The smallest absolute Gasteiger partial charge is 0.251 e. The maximum Gasteiger partial charge on any atom is 0.251 e. The zero-order chi connectivity index (χ0) is 18.5. The number of primary amides is 1. The number of aromatic nitrogens is 1. The Bertz CT molecular complexity index is 935. The van der Waals surface area contributed by atoms with Crippen molar-refractivity contribution in [3.63, 3.8) is 0 Å². The monoisotopic (exact) mass is 351 g/mol. The van der Waals surface area contributed by atoms with Gasteiger partial charge in [-0.25, -0.2) is 4.39 Å². The quantitative estimate of drug-likeness (QED) is 0.635. The van der Waals surface area contributed by atoms with Crippen LogP contribution in [-0.2, 0) is 11.2 Å². The third-order valence-electron chi connectivity index (χ3n) is 3.97. The first-order valence-corrected chi connectivity index (χ1v) is 8.15. The lowest BCUT2D eigenvalue weighted by molar-refractivity contribution is -0.116. The van der Waals surface area contributed by atoms with E-state index in [9.17, 15) is 14.0 Å². The minimum absolute atomic E-state index is 0.233. The summed E-state index contributed by atoms with van der Waals surface area (Å²) in [5, 5.41) is 2.65. The molecular weight excluding hydrogens is 333 g/mol.